The van der Waals surface area contributed by atoms with Crippen molar-refractivity contribution in [1.29, 1.82) is 0 Å². The molecule has 0 aromatic heterocycles. The van der Waals surface area contributed by atoms with Crippen molar-refractivity contribution in [2.24, 2.45) is 0 Å². The van der Waals surface area contributed by atoms with Crippen molar-refractivity contribution in [1.82, 2.24) is 5.32 Å². The molecule has 0 radical (unpaired) electrons. The molecular weight excluding hydrogens is 214 g/mol. The van der Waals surface area contributed by atoms with Gasteiger partial charge in [0.1, 0.15) is 5.75 Å². The fourth-order valence-electron chi connectivity index (χ4n) is 2.28. The molecule has 1 saturated heterocycles. The van der Waals surface area contributed by atoms with Crippen LogP contribution in [0.25, 0.3) is 0 Å². The summed E-state index contributed by atoms with van der Waals surface area (Å²) in [4.78, 5) is 0. The average molecular weight is 235 g/mol. The third-order valence-electron chi connectivity index (χ3n) is 3.08. The van der Waals surface area contributed by atoms with Crippen LogP contribution in [0.3, 0.4) is 0 Å². The van der Waals surface area contributed by atoms with Gasteiger partial charge in [0.05, 0.1) is 12.2 Å². The molecule has 2 N–H and O–H groups in total. The van der Waals surface area contributed by atoms with Crippen LogP contribution in [-0.4, -0.2) is 23.8 Å². The lowest BCUT2D eigenvalue weighted by atomic mass is 10.00. The predicted molar refractivity (Wildman–Crippen MR) is 68.2 cm³/mol. The van der Waals surface area contributed by atoms with Crippen LogP contribution in [0.2, 0.25) is 0 Å². The van der Waals surface area contributed by atoms with Crippen LogP contribution in [0, 0.1) is 0 Å². The molecule has 17 heavy (non-hydrogen) atoms. The summed E-state index contributed by atoms with van der Waals surface area (Å²) in [5.41, 5.74) is 0.889. The molecule has 2 atom stereocenters. The molecule has 0 bridgehead atoms. The molecular formula is C14H21NO2. The van der Waals surface area contributed by atoms with Crippen LogP contribution in [0.4, 0.5) is 0 Å². The number of ether oxygens (including phenoxy) is 1. The topological polar surface area (TPSA) is 41.5 Å². The molecule has 0 saturated carbocycles. The molecule has 1 aliphatic rings. The van der Waals surface area contributed by atoms with Gasteiger partial charge in [-0.3, -0.25) is 0 Å². The second kappa shape index (κ2) is 5.52. The van der Waals surface area contributed by atoms with Crippen molar-refractivity contribution >= 4 is 0 Å². The van der Waals surface area contributed by atoms with E-state index in [0.717, 1.165) is 30.7 Å². The van der Waals surface area contributed by atoms with Crippen molar-refractivity contribution in [3.63, 3.8) is 0 Å². The summed E-state index contributed by atoms with van der Waals surface area (Å²) in [7, 11) is 0. The Kier molecular flexibility index (Phi) is 4.02. The molecule has 2 rings (SSSR count). The van der Waals surface area contributed by atoms with E-state index in [1.54, 1.807) is 0 Å². The largest absolute Gasteiger partial charge is 0.491 e. The molecule has 3 nitrogen and oxygen atoms in total. The number of aliphatic hydroxyl groups excluding tert-OH is 1. The fourth-order valence-corrected chi connectivity index (χ4v) is 2.28. The molecule has 1 aromatic carbocycles. The minimum atomic E-state index is -0.479. The Morgan fingerprint density at radius 2 is 2.12 bits per heavy atom. The second-order valence-electron chi connectivity index (χ2n) is 4.85. The van der Waals surface area contributed by atoms with E-state index >= 15 is 0 Å². The molecule has 1 aliphatic heterocycles. The number of para-hydroxylation sites is 1. The van der Waals surface area contributed by atoms with Gasteiger partial charge in [0, 0.05) is 11.6 Å². The van der Waals surface area contributed by atoms with E-state index in [0.29, 0.717) is 0 Å². The third kappa shape index (κ3) is 2.99. The van der Waals surface area contributed by atoms with E-state index in [1.807, 2.05) is 38.1 Å². The average Bonchev–Trinajstić information content (AvgIpc) is 2.81. The fraction of sp³-hybridized carbons (Fsp3) is 0.571. The SMILES string of the molecule is CC(C)Oc1ccccc1C(O)C1CCCN1. The number of aliphatic hydroxyl groups is 1. The van der Waals surface area contributed by atoms with Crippen LogP contribution in [0.1, 0.15) is 38.4 Å². The lowest BCUT2D eigenvalue weighted by Gasteiger charge is -2.22. The molecule has 94 valence electrons. The summed E-state index contributed by atoms with van der Waals surface area (Å²) in [5, 5.41) is 13.7. The molecule has 0 amide bonds. The van der Waals surface area contributed by atoms with Crippen LogP contribution >= 0.6 is 0 Å². The van der Waals surface area contributed by atoms with E-state index in [1.165, 1.54) is 0 Å². The first-order valence-electron chi connectivity index (χ1n) is 6.35. The van der Waals surface area contributed by atoms with Gasteiger partial charge >= 0.3 is 0 Å². The van der Waals surface area contributed by atoms with Crippen molar-refractivity contribution in [3.05, 3.63) is 29.8 Å². The Labute approximate surface area is 103 Å². The Morgan fingerprint density at radius 3 is 2.76 bits per heavy atom. The maximum Gasteiger partial charge on any atom is 0.125 e. The van der Waals surface area contributed by atoms with Crippen molar-refractivity contribution in [3.8, 4) is 5.75 Å². The lowest BCUT2D eigenvalue weighted by Crippen LogP contribution is -2.29. The smallest absolute Gasteiger partial charge is 0.125 e. The van der Waals surface area contributed by atoms with Gasteiger partial charge in [0.15, 0.2) is 0 Å². The normalized spacial score (nSPS) is 21.8. The van der Waals surface area contributed by atoms with Gasteiger partial charge in [0.25, 0.3) is 0 Å². The van der Waals surface area contributed by atoms with Crippen molar-refractivity contribution in [2.75, 3.05) is 6.54 Å². The Balaban J connectivity index is 2.18. The number of hydrogen-bond acceptors (Lipinski definition) is 3. The first-order valence-corrected chi connectivity index (χ1v) is 6.35. The minimum absolute atomic E-state index is 0.125. The summed E-state index contributed by atoms with van der Waals surface area (Å²) < 4.78 is 5.74. The molecule has 1 heterocycles. The summed E-state index contributed by atoms with van der Waals surface area (Å²) in [6.45, 7) is 4.99. The van der Waals surface area contributed by atoms with E-state index in [4.69, 9.17) is 4.74 Å². The summed E-state index contributed by atoms with van der Waals surface area (Å²) in [6, 6.07) is 7.92. The zero-order valence-corrected chi connectivity index (χ0v) is 10.5. The maximum absolute atomic E-state index is 10.4. The number of benzene rings is 1. The van der Waals surface area contributed by atoms with E-state index in [-0.39, 0.29) is 12.1 Å². The highest BCUT2D eigenvalue weighted by atomic mass is 16.5. The Morgan fingerprint density at radius 1 is 1.35 bits per heavy atom. The summed E-state index contributed by atoms with van der Waals surface area (Å²) in [6.07, 6.45) is 1.80. The van der Waals surface area contributed by atoms with Gasteiger partial charge in [-0.05, 0) is 39.3 Å². The van der Waals surface area contributed by atoms with Crippen LogP contribution < -0.4 is 10.1 Å². The molecule has 3 heteroatoms. The molecule has 0 aliphatic carbocycles. The van der Waals surface area contributed by atoms with Crippen LogP contribution in [0.15, 0.2) is 24.3 Å². The van der Waals surface area contributed by atoms with E-state index < -0.39 is 6.10 Å². The number of hydrogen-bond donors (Lipinski definition) is 2. The molecule has 1 fully saturated rings. The summed E-state index contributed by atoms with van der Waals surface area (Å²) in [5.74, 6) is 0.795. The van der Waals surface area contributed by atoms with Gasteiger partial charge < -0.3 is 15.2 Å². The van der Waals surface area contributed by atoms with Gasteiger partial charge in [-0.2, -0.15) is 0 Å². The number of nitrogens with one attached hydrogen (secondary N) is 1. The Bertz CT molecular complexity index is 359. The number of rotatable bonds is 4. The minimum Gasteiger partial charge on any atom is -0.491 e. The summed E-state index contributed by atoms with van der Waals surface area (Å²) >= 11 is 0. The van der Waals surface area contributed by atoms with Gasteiger partial charge in [0.2, 0.25) is 0 Å². The molecule has 2 unspecified atom stereocenters. The monoisotopic (exact) mass is 235 g/mol. The quantitative estimate of drug-likeness (QED) is 0.841. The zero-order chi connectivity index (χ0) is 12.3. The highest BCUT2D eigenvalue weighted by molar-refractivity contribution is 5.36. The first-order chi connectivity index (χ1) is 8.18. The third-order valence-corrected chi connectivity index (χ3v) is 3.08. The van der Waals surface area contributed by atoms with Crippen molar-refractivity contribution in [2.45, 2.75) is 44.9 Å². The van der Waals surface area contributed by atoms with Crippen molar-refractivity contribution < 1.29 is 9.84 Å². The Hall–Kier alpha value is -1.06. The van der Waals surface area contributed by atoms with Crippen LogP contribution in [0.5, 0.6) is 5.75 Å². The predicted octanol–water partition coefficient (Wildman–Crippen LogP) is 2.26. The standard InChI is InChI=1S/C14H21NO2/c1-10(2)17-13-8-4-3-6-11(13)14(16)12-7-5-9-15-12/h3-4,6,8,10,12,14-16H,5,7,9H2,1-2H3. The zero-order valence-electron chi connectivity index (χ0n) is 10.5. The van der Waals surface area contributed by atoms with E-state index in [9.17, 15) is 5.11 Å². The highest BCUT2D eigenvalue weighted by Gasteiger charge is 2.26. The first kappa shape index (κ1) is 12.4. The van der Waals surface area contributed by atoms with E-state index in [2.05, 4.69) is 5.32 Å². The lowest BCUT2D eigenvalue weighted by molar-refractivity contribution is 0.130. The molecule has 1 aromatic rings. The van der Waals surface area contributed by atoms with Crippen LogP contribution in [-0.2, 0) is 0 Å². The second-order valence-corrected chi connectivity index (χ2v) is 4.85. The van der Waals surface area contributed by atoms with Gasteiger partial charge in [-0.25, -0.2) is 0 Å². The van der Waals surface area contributed by atoms with Gasteiger partial charge in [-0.15, -0.1) is 0 Å². The molecule has 0 spiro atoms. The van der Waals surface area contributed by atoms with Gasteiger partial charge in [-0.1, -0.05) is 18.2 Å². The highest BCUT2D eigenvalue weighted by Crippen LogP contribution is 2.30. The maximum atomic E-state index is 10.4.